The van der Waals surface area contributed by atoms with E-state index in [-0.39, 0.29) is 36.9 Å². The second kappa shape index (κ2) is 9.60. The van der Waals surface area contributed by atoms with Crippen molar-refractivity contribution in [1.82, 2.24) is 4.98 Å². The highest BCUT2D eigenvalue weighted by Crippen LogP contribution is 2.44. The SMILES string of the molecule is O=C(C1=C(O)C(=O)N(c2ncc(S(=O)(=O)c3ccc(O)cc3)s2)C1c1cccc(Cl)c1)c1ccc(O)cc1. The Bertz CT molecular complexity index is 1710. The topological polar surface area (TPSA) is 145 Å². The van der Waals surface area contributed by atoms with E-state index in [0.717, 1.165) is 11.1 Å². The lowest BCUT2D eigenvalue weighted by Gasteiger charge is -2.24. The number of nitrogens with zero attached hydrogens (tertiary/aromatic N) is 2. The number of hydrogen-bond acceptors (Lipinski definition) is 9. The molecule has 0 radical (unpaired) electrons. The average Bonchev–Trinajstić information content (AvgIpc) is 3.48. The maximum atomic E-state index is 13.5. The third-order valence-electron chi connectivity index (χ3n) is 5.84. The van der Waals surface area contributed by atoms with E-state index in [1.54, 1.807) is 18.2 Å². The first-order valence-corrected chi connectivity index (χ1v) is 13.6. The van der Waals surface area contributed by atoms with Crippen LogP contribution in [0.15, 0.2) is 99.4 Å². The molecule has 38 heavy (non-hydrogen) atoms. The van der Waals surface area contributed by atoms with Gasteiger partial charge >= 0.3 is 0 Å². The van der Waals surface area contributed by atoms with Crippen molar-refractivity contribution in [3.63, 3.8) is 0 Å². The molecule has 1 aromatic heterocycles. The molecule has 4 aromatic rings. The molecular formula is C26H17ClN2O7S2. The largest absolute Gasteiger partial charge is 0.508 e. The van der Waals surface area contributed by atoms with E-state index in [9.17, 15) is 33.3 Å². The van der Waals surface area contributed by atoms with Gasteiger partial charge in [-0.3, -0.25) is 14.5 Å². The molecule has 1 atom stereocenters. The van der Waals surface area contributed by atoms with Gasteiger partial charge in [0.15, 0.2) is 16.7 Å². The Hall–Kier alpha value is -4.19. The zero-order valence-electron chi connectivity index (χ0n) is 19.1. The van der Waals surface area contributed by atoms with E-state index in [2.05, 4.69) is 4.98 Å². The van der Waals surface area contributed by atoms with Crippen LogP contribution in [0.4, 0.5) is 5.13 Å². The number of rotatable bonds is 6. The van der Waals surface area contributed by atoms with Gasteiger partial charge in [-0.2, -0.15) is 0 Å². The summed E-state index contributed by atoms with van der Waals surface area (Å²) < 4.78 is 26.1. The van der Waals surface area contributed by atoms with Crippen molar-refractivity contribution in [3.05, 3.63) is 106 Å². The molecule has 12 heteroatoms. The van der Waals surface area contributed by atoms with Crippen LogP contribution in [-0.4, -0.2) is 40.4 Å². The first-order valence-electron chi connectivity index (χ1n) is 10.9. The average molecular weight is 569 g/mol. The minimum absolute atomic E-state index is 0.0691. The van der Waals surface area contributed by atoms with Gasteiger partial charge in [0.05, 0.1) is 22.7 Å². The molecular weight excluding hydrogens is 552 g/mol. The third kappa shape index (κ3) is 4.40. The summed E-state index contributed by atoms with van der Waals surface area (Å²) in [5.41, 5.74) is 0.247. The smallest absolute Gasteiger partial charge is 0.296 e. The van der Waals surface area contributed by atoms with Crippen LogP contribution in [0.1, 0.15) is 22.0 Å². The van der Waals surface area contributed by atoms with Gasteiger partial charge in [0.2, 0.25) is 9.84 Å². The number of phenols is 2. The zero-order valence-corrected chi connectivity index (χ0v) is 21.5. The Morgan fingerprint density at radius 3 is 2.21 bits per heavy atom. The molecule has 0 bridgehead atoms. The summed E-state index contributed by atoms with van der Waals surface area (Å²) in [6.45, 7) is 0. The number of aromatic hydroxyl groups is 2. The second-order valence-corrected chi connectivity index (χ2v) is 11.9. The first kappa shape index (κ1) is 25.5. The number of carbonyl (C=O) groups is 2. The van der Waals surface area contributed by atoms with Gasteiger partial charge in [-0.15, -0.1) is 0 Å². The zero-order chi connectivity index (χ0) is 27.2. The number of phenolic OH excluding ortho intramolecular Hbond substituents is 2. The van der Waals surface area contributed by atoms with Crippen LogP contribution in [0.25, 0.3) is 0 Å². The summed E-state index contributed by atoms with van der Waals surface area (Å²) in [5, 5.41) is 30.2. The number of thiazole rings is 1. The lowest BCUT2D eigenvalue weighted by Crippen LogP contribution is -2.31. The van der Waals surface area contributed by atoms with Crippen molar-refractivity contribution < 1.29 is 33.3 Å². The normalized spacial score (nSPS) is 15.8. The summed E-state index contributed by atoms with van der Waals surface area (Å²) in [7, 11) is -4.04. The van der Waals surface area contributed by atoms with Crippen LogP contribution in [0.2, 0.25) is 5.02 Å². The van der Waals surface area contributed by atoms with Gasteiger partial charge < -0.3 is 15.3 Å². The number of aliphatic hydroxyl groups excluding tert-OH is 1. The monoisotopic (exact) mass is 568 g/mol. The number of Topliss-reactive ketones (excluding diaryl/α,β-unsaturated/α-hetero) is 1. The first-order chi connectivity index (χ1) is 18.1. The van der Waals surface area contributed by atoms with Gasteiger partial charge in [0.25, 0.3) is 5.91 Å². The van der Waals surface area contributed by atoms with Gasteiger partial charge in [-0.1, -0.05) is 35.1 Å². The lowest BCUT2D eigenvalue weighted by molar-refractivity contribution is -0.117. The number of aliphatic hydroxyl groups is 1. The van der Waals surface area contributed by atoms with Gasteiger partial charge in [0, 0.05) is 10.6 Å². The summed E-state index contributed by atoms with van der Waals surface area (Å²) in [6, 6.07) is 15.4. The molecule has 0 saturated heterocycles. The number of carbonyl (C=O) groups excluding carboxylic acids is 2. The molecule has 0 saturated carbocycles. The van der Waals surface area contributed by atoms with Gasteiger partial charge in [-0.05, 0) is 66.2 Å². The van der Waals surface area contributed by atoms with Crippen LogP contribution < -0.4 is 4.90 Å². The minimum Gasteiger partial charge on any atom is -0.508 e. The summed E-state index contributed by atoms with van der Waals surface area (Å²) in [5.74, 6) is -2.60. The number of anilines is 1. The number of halogens is 1. The molecule has 0 fully saturated rings. The number of hydrogen-bond donors (Lipinski definition) is 3. The van der Waals surface area contributed by atoms with Crippen LogP contribution in [0.3, 0.4) is 0 Å². The molecule has 5 rings (SSSR count). The highest BCUT2D eigenvalue weighted by Gasteiger charge is 2.46. The van der Waals surface area contributed by atoms with Crippen molar-refractivity contribution in [2.45, 2.75) is 15.1 Å². The van der Waals surface area contributed by atoms with E-state index in [1.165, 1.54) is 54.6 Å². The van der Waals surface area contributed by atoms with Crippen molar-refractivity contribution in [1.29, 1.82) is 0 Å². The second-order valence-electron chi connectivity index (χ2n) is 8.23. The molecule has 0 spiro atoms. The molecule has 192 valence electrons. The number of ketones is 1. The summed E-state index contributed by atoms with van der Waals surface area (Å²) >= 11 is 6.87. The molecule has 2 heterocycles. The van der Waals surface area contributed by atoms with Crippen molar-refractivity contribution >= 4 is 49.6 Å². The Morgan fingerprint density at radius 1 is 0.947 bits per heavy atom. The van der Waals surface area contributed by atoms with E-state index >= 15 is 0 Å². The van der Waals surface area contributed by atoms with E-state index in [1.807, 2.05) is 0 Å². The maximum absolute atomic E-state index is 13.5. The molecule has 0 aliphatic carbocycles. The molecule has 1 amide bonds. The summed E-state index contributed by atoms with van der Waals surface area (Å²) in [4.78, 5) is 31.9. The number of sulfone groups is 1. The predicted octanol–water partition coefficient (Wildman–Crippen LogP) is 4.82. The van der Waals surface area contributed by atoms with Gasteiger partial charge in [0.1, 0.15) is 15.7 Å². The molecule has 3 aromatic carbocycles. The Kier molecular flexibility index (Phi) is 6.43. The van der Waals surface area contributed by atoms with Crippen LogP contribution in [0.5, 0.6) is 11.5 Å². The highest BCUT2D eigenvalue weighted by molar-refractivity contribution is 7.93. The van der Waals surface area contributed by atoms with E-state index in [4.69, 9.17) is 11.6 Å². The summed E-state index contributed by atoms with van der Waals surface area (Å²) in [6.07, 6.45) is 1.08. The Labute approximate surface area is 225 Å². The molecule has 1 aliphatic heterocycles. The van der Waals surface area contributed by atoms with E-state index < -0.39 is 33.3 Å². The van der Waals surface area contributed by atoms with Gasteiger partial charge in [-0.25, -0.2) is 13.4 Å². The fourth-order valence-corrected chi connectivity index (χ4v) is 6.77. The number of benzene rings is 3. The maximum Gasteiger partial charge on any atom is 0.296 e. The number of aromatic nitrogens is 1. The van der Waals surface area contributed by atoms with Crippen molar-refractivity contribution in [3.8, 4) is 11.5 Å². The fourth-order valence-electron chi connectivity index (χ4n) is 4.02. The van der Waals surface area contributed by atoms with Crippen LogP contribution in [-0.2, 0) is 14.6 Å². The lowest BCUT2D eigenvalue weighted by atomic mass is 9.93. The standard InChI is InChI=1S/C26H17ClN2O7S2/c27-16-3-1-2-15(12-16)22-21(23(32)14-4-6-17(30)7-5-14)24(33)25(34)29(22)26-28-13-20(37-26)38(35,36)19-10-8-18(31)9-11-19/h1-13,22,30-31,33H. The van der Waals surface area contributed by atoms with Crippen molar-refractivity contribution in [2.75, 3.05) is 4.90 Å². The predicted molar refractivity (Wildman–Crippen MR) is 139 cm³/mol. The Balaban J connectivity index is 1.61. The van der Waals surface area contributed by atoms with E-state index in [0.29, 0.717) is 21.9 Å². The fraction of sp³-hybridized carbons (Fsp3) is 0.0385. The molecule has 3 N–H and O–H groups in total. The Morgan fingerprint density at radius 2 is 1.58 bits per heavy atom. The highest BCUT2D eigenvalue weighted by atomic mass is 35.5. The van der Waals surface area contributed by atoms with Crippen LogP contribution >= 0.6 is 22.9 Å². The quantitative estimate of drug-likeness (QED) is 0.281. The third-order valence-corrected chi connectivity index (χ3v) is 9.30. The molecule has 1 aliphatic rings. The molecule has 1 unspecified atom stereocenters. The van der Waals surface area contributed by atoms with Crippen molar-refractivity contribution in [2.24, 2.45) is 0 Å². The molecule has 9 nitrogen and oxygen atoms in total. The van der Waals surface area contributed by atoms with Crippen LogP contribution in [0, 0.1) is 0 Å². The minimum atomic E-state index is -4.04. The number of amides is 1.